The highest BCUT2D eigenvalue weighted by atomic mass is 19.2. The van der Waals surface area contributed by atoms with Gasteiger partial charge in [0.05, 0.1) is 0 Å². The summed E-state index contributed by atoms with van der Waals surface area (Å²) in [7, 11) is 0. The number of rotatable bonds is 3. The van der Waals surface area contributed by atoms with Crippen LogP contribution >= 0.6 is 0 Å². The Morgan fingerprint density at radius 2 is 2.05 bits per heavy atom. The van der Waals surface area contributed by atoms with E-state index in [0.29, 0.717) is 11.8 Å². The maximum Gasteiger partial charge on any atom is 0.159 e. The van der Waals surface area contributed by atoms with Crippen molar-refractivity contribution in [1.29, 1.82) is 0 Å². The van der Waals surface area contributed by atoms with Gasteiger partial charge in [-0.1, -0.05) is 32.8 Å². The summed E-state index contributed by atoms with van der Waals surface area (Å²) >= 11 is 0. The summed E-state index contributed by atoms with van der Waals surface area (Å²) < 4.78 is 26.4. The normalized spacial score (nSPS) is 27.8. The molecular formula is C16H23F2N. The van der Waals surface area contributed by atoms with Crippen molar-refractivity contribution in [2.45, 2.75) is 51.5 Å². The maximum atomic E-state index is 13.4. The van der Waals surface area contributed by atoms with Crippen LogP contribution in [-0.4, -0.2) is 0 Å². The molecule has 1 aliphatic rings. The molecule has 2 atom stereocenters. The molecule has 1 fully saturated rings. The molecule has 0 bridgehead atoms. The van der Waals surface area contributed by atoms with Crippen LogP contribution in [0.3, 0.4) is 0 Å². The van der Waals surface area contributed by atoms with Crippen molar-refractivity contribution in [3.63, 3.8) is 0 Å². The van der Waals surface area contributed by atoms with Crippen LogP contribution in [0.2, 0.25) is 0 Å². The van der Waals surface area contributed by atoms with Crippen molar-refractivity contribution in [3.8, 4) is 0 Å². The zero-order valence-corrected chi connectivity index (χ0v) is 11.8. The summed E-state index contributed by atoms with van der Waals surface area (Å²) in [5, 5.41) is 0. The predicted octanol–water partition coefficient (Wildman–Crippen LogP) is 4.36. The first-order valence-electron chi connectivity index (χ1n) is 7.15. The zero-order valence-electron chi connectivity index (χ0n) is 11.8. The number of nitrogens with two attached hydrogens (primary N) is 1. The third kappa shape index (κ3) is 3.33. The second kappa shape index (κ2) is 5.58. The van der Waals surface area contributed by atoms with Gasteiger partial charge in [0.15, 0.2) is 11.6 Å². The molecule has 2 unspecified atom stereocenters. The van der Waals surface area contributed by atoms with E-state index < -0.39 is 17.2 Å². The van der Waals surface area contributed by atoms with Crippen LogP contribution in [0.15, 0.2) is 18.2 Å². The van der Waals surface area contributed by atoms with Gasteiger partial charge >= 0.3 is 0 Å². The smallest absolute Gasteiger partial charge is 0.159 e. The first kappa shape index (κ1) is 14.4. The van der Waals surface area contributed by atoms with E-state index in [4.69, 9.17) is 5.73 Å². The fraction of sp³-hybridized carbons (Fsp3) is 0.625. The minimum absolute atomic E-state index is 0.494. The van der Waals surface area contributed by atoms with E-state index in [1.165, 1.54) is 18.6 Å². The van der Waals surface area contributed by atoms with Gasteiger partial charge in [0.2, 0.25) is 0 Å². The average molecular weight is 267 g/mol. The molecule has 1 aromatic rings. The van der Waals surface area contributed by atoms with E-state index in [-0.39, 0.29) is 0 Å². The topological polar surface area (TPSA) is 26.0 Å². The fourth-order valence-electron chi connectivity index (χ4n) is 3.36. The van der Waals surface area contributed by atoms with Crippen molar-refractivity contribution in [1.82, 2.24) is 0 Å². The third-order valence-corrected chi connectivity index (χ3v) is 4.19. The molecule has 0 spiro atoms. The Kier molecular flexibility index (Phi) is 4.24. The Morgan fingerprint density at radius 3 is 2.68 bits per heavy atom. The highest BCUT2D eigenvalue weighted by Crippen LogP contribution is 2.40. The summed E-state index contributed by atoms with van der Waals surface area (Å²) in [5.41, 5.74) is 6.72. The van der Waals surface area contributed by atoms with Gasteiger partial charge in [-0.15, -0.1) is 0 Å². The number of benzene rings is 1. The third-order valence-electron chi connectivity index (χ3n) is 4.19. The number of halogens is 2. The molecule has 106 valence electrons. The molecule has 1 aliphatic carbocycles. The van der Waals surface area contributed by atoms with Gasteiger partial charge < -0.3 is 5.73 Å². The highest BCUT2D eigenvalue weighted by molar-refractivity contribution is 5.26. The molecule has 0 heterocycles. The van der Waals surface area contributed by atoms with Crippen LogP contribution in [-0.2, 0) is 5.54 Å². The molecule has 0 aliphatic heterocycles. The minimum atomic E-state index is -0.804. The lowest BCUT2D eigenvalue weighted by molar-refractivity contribution is 0.202. The molecule has 19 heavy (non-hydrogen) atoms. The number of hydrogen-bond donors (Lipinski definition) is 1. The molecule has 1 saturated carbocycles. The van der Waals surface area contributed by atoms with Crippen LogP contribution < -0.4 is 5.73 Å². The van der Waals surface area contributed by atoms with Crippen molar-refractivity contribution in [2.75, 3.05) is 0 Å². The van der Waals surface area contributed by atoms with E-state index in [1.807, 2.05) is 0 Å². The van der Waals surface area contributed by atoms with Crippen LogP contribution in [0.25, 0.3) is 0 Å². The maximum absolute atomic E-state index is 13.4. The van der Waals surface area contributed by atoms with Crippen LogP contribution in [0.1, 0.15) is 51.5 Å². The minimum Gasteiger partial charge on any atom is -0.321 e. The van der Waals surface area contributed by atoms with Gasteiger partial charge in [-0.25, -0.2) is 8.78 Å². The first-order chi connectivity index (χ1) is 8.90. The molecule has 0 amide bonds. The van der Waals surface area contributed by atoms with E-state index >= 15 is 0 Å². The molecule has 1 nitrogen and oxygen atoms in total. The van der Waals surface area contributed by atoms with Gasteiger partial charge in [-0.2, -0.15) is 0 Å². The molecule has 3 heteroatoms. The summed E-state index contributed by atoms with van der Waals surface area (Å²) in [5.74, 6) is -0.362. The lowest BCUT2D eigenvalue weighted by Gasteiger charge is -2.39. The Labute approximate surface area is 114 Å². The van der Waals surface area contributed by atoms with E-state index in [0.717, 1.165) is 31.2 Å². The van der Waals surface area contributed by atoms with Crippen LogP contribution in [0.4, 0.5) is 8.78 Å². The van der Waals surface area contributed by atoms with Gasteiger partial charge in [0.25, 0.3) is 0 Å². The van der Waals surface area contributed by atoms with Gasteiger partial charge in [0.1, 0.15) is 0 Å². The summed E-state index contributed by atoms with van der Waals surface area (Å²) in [6.07, 6.45) is 5.14. The predicted molar refractivity (Wildman–Crippen MR) is 73.6 cm³/mol. The molecular weight excluding hydrogens is 244 g/mol. The second-order valence-corrected chi connectivity index (χ2v) is 6.38. The Balaban J connectivity index is 2.18. The van der Waals surface area contributed by atoms with Crippen molar-refractivity contribution in [3.05, 3.63) is 35.4 Å². The van der Waals surface area contributed by atoms with E-state index in [2.05, 4.69) is 13.8 Å². The quantitative estimate of drug-likeness (QED) is 0.865. The molecule has 2 N–H and O–H groups in total. The highest BCUT2D eigenvalue weighted by Gasteiger charge is 2.34. The van der Waals surface area contributed by atoms with Crippen molar-refractivity contribution < 1.29 is 8.78 Å². The number of hydrogen-bond acceptors (Lipinski definition) is 1. The summed E-state index contributed by atoms with van der Waals surface area (Å²) in [4.78, 5) is 0. The SMILES string of the molecule is CC(C)CC1CCCC(N)(c2ccc(F)c(F)c2)C1. The monoisotopic (exact) mass is 267 g/mol. The van der Waals surface area contributed by atoms with E-state index in [9.17, 15) is 8.78 Å². The molecule has 0 saturated heterocycles. The first-order valence-corrected chi connectivity index (χ1v) is 7.15. The van der Waals surface area contributed by atoms with Crippen LogP contribution in [0.5, 0.6) is 0 Å². The Bertz CT molecular complexity index is 444. The van der Waals surface area contributed by atoms with Gasteiger partial charge in [0, 0.05) is 5.54 Å². The lowest BCUT2D eigenvalue weighted by Crippen LogP contribution is -2.41. The average Bonchev–Trinajstić information content (AvgIpc) is 2.31. The summed E-state index contributed by atoms with van der Waals surface area (Å²) in [6, 6.07) is 4.09. The zero-order chi connectivity index (χ0) is 14.0. The second-order valence-electron chi connectivity index (χ2n) is 6.38. The lowest BCUT2D eigenvalue weighted by atomic mass is 9.70. The fourth-order valence-corrected chi connectivity index (χ4v) is 3.36. The Hall–Kier alpha value is -0.960. The largest absolute Gasteiger partial charge is 0.321 e. The van der Waals surface area contributed by atoms with Crippen molar-refractivity contribution in [2.24, 2.45) is 17.6 Å². The Morgan fingerprint density at radius 1 is 1.32 bits per heavy atom. The van der Waals surface area contributed by atoms with Gasteiger partial charge in [-0.3, -0.25) is 0 Å². The van der Waals surface area contributed by atoms with E-state index in [1.54, 1.807) is 6.07 Å². The van der Waals surface area contributed by atoms with Crippen LogP contribution in [0, 0.1) is 23.5 Å². The summed E-state index contributed by atoms with van der Waals surface area (Å²) in [6.45, 7) is 4.43. The standard InChI is InChI=1S/C16H23F2N/c1-11(2)8-12-4-3-7-16(19,10-12)13-5-6-14(17)15(18)9-13/h5-6,9,11-12H,3-4,7-8,10,19H2,1-2H3. The van der Waals surface area contributed by atoms with Crippen molar-refractivity contribution >= 4 is 0 Å². The van der Waals surface area contributed by atoms with Gasteiger partial charge in [-0.05, 0) is 48.8 Å². The molecule has 0 radical (unpaired) electrons. The molecule has 2 rings (SSSR count). The molecule has 0 aromatic heterocycles. The molecule has 1 aromatic carbocycles.